The van der Waals surface area contributed by atoms with Crippen LogP contribution in [0.25, 0.3) is 0 Å². The standard InChI is InChI=1S/C17H23N3O2/c1-17(2)12-19(11-9-18-17)16(22)13-5-7-14(8-6-13)20-10-3-4-15(20)21/h5-8,18H,3-4,9-12H2,1-2H3. The summed E-state index contributed by atoms with van der Waals surface area (Å²) in [4.78, 5) is 28.0. The number of hydrogen-bond donors (Lipinski definition) is 1. The predicted octanol–water partition coefficient (Wildman–Crippen LogP) is 1.64. The molecule has 0 spiro atoms. The summed E-state index contributed by atoms with van der Waals surface area (Å²) in [5, 5.41) is 3.41. The zero-order valence-corrected chi connectivity index (χ0v) is 13.3. The van der Waals surface area contributed by atoms with Crippen molar-refractivity contribution in [2.45, 2.75) is 32.2 Å². The Balaban J connectivity index is 1.72. The molecule has 0 aromatic heterocycles. The monoisotopic (exact) mass is 301 g/mol. The molecule has 118 valence electrons. The number of rotatable bonds is 2. The molecule has 3 rings (SSSR count). The molecule has 2 aliphatic rings. The van der Waals surface area contributed by atoms with E-state index in [0.717, 1.165) is 31.7 Å². The highest BCUT2D eigenvalue weighted by atomic mass is 16.2. The zero-order chi connectivity index (χ0) is 15.7. The zero-order valence-electron chi connectivity index (χ0n) is 13.3. The second kappa shape index (κ2) is 5.72. The summed E-state index contributed by atoms with van der Waals surface area (Å²) in [6, 6.07) is 7.42. The lowest BCUT2D eigenvalue weighted by atomic mass is 10.0. The molecule has 0 unspecified atom stereocenters. The van der Waals surface area contributed by atoms with Crippen molar-refractivity contribution in [3.63, 3.8) is 0 Å². The lowest BCUT2D eigenvalue weighted by Gasteiger charge is -2.39. The first kappa shape index (κ1) is 15.0. The summed E-state index contributed by atoms with van der Waals surface area (Å²) < 4.78 is 0. The van der Waals surface area contributed by atoms with Crippen LogP contribution in [0.2, 0.25) is 0 Å². The number of benzene rings is 1. The van der Waals surface area contributed by atoms with Gasteiger partial charge in [-0.1, -0.05) is 0 Å². The molecule has 5 nitrogen and oxygen atoms in total. The maximum absolute atomic E-state index is 12.6. The highest BCUT2D eigenvalue weighted by Gasteiger charge is 2.29. The Bertz CT molecular complexity index is 580. The minimum atomic E-state index is -0.0458. The van der Waals surface area contributed by atoms with Crippen LogP contribution in [0.5, 0.6) is 0 Å². The van der Waals surface area contributed by atoms with Crippen molar-refractivity contribution < 1.29 is 9.59 Å². The summed E-state index contributed by atoms with van der Waals surface area (Å²) in [5.74, 6) is 0.233. The van der Waals surface area contributed by atoms with E-state index in [-0.39, 0.29) is 17.4 Å². The van der Waals surface area contributed by atoms with E-state index in [1.165, 1.54) is 0 Å². The summed E-state index contributed by atoms with van der Waals surface area (Å²) in [5.41, 5.74) is 1.53. The van der Waals surface area contributed by atoms with Crippen LogP contribution in [0, 0.1) is 0 Å². The molecule has 1 N–H and O–H groups in total. The van der Waals surface area contributed by atoms with Gasteiger partial charge in [0.05, 0.1) is 0 Å². The Labute approximate surface area is 131 Å². The molecule has 0 saturated carbocycles. The Morgan fingerprint density at radius 3 is 2.50 bits per heavy atom. The minimum Gasteiger partial charge on any atom is -0.336 e. The number of carbonyl (C=O) groups excluding carboxylic acids is 2. The summed E-state index contributed by atoms with van der Waals surface area (Å²) in [6.07, 6.45) is 1.53. The third-order valence-corrected chi connectivity index (χ3v) is 4.36. The largest absolute Gasteiger partial charge is 0.336 e. The van der Waals surface area contributed by atoms with E-state index in [0.29, 0.717) is 18.5 Å². The van der Waals surface area contributed by atoms with Crippen LogP contribution in [-0.4, -0.2) is 48.4 Å². The van der Waals surface area contributed by atoms with Gasteiger partial charge in [0.1, 0.15) is 0 Å². The van der Waals surface area contributed by atoms with Crippen molar-refractivity contribution in [3.8, 4) is 0 Å². The van der Waals surface area contributed by atoms with Gasteiger partial charge in [-0.15, -0.1) is 0 Å². The average molecular weight is 301 g/mol. The molecule has 2 amide bonds. The van der Waals surface area contributed by atoms with E-state index >= 15 is 0 Å². The lowest BCUT2D eigenvalue weighted by Crippen LogP contribution is -2.58. The average Bonchev–Trinajstić information content (AvgIpc) is 2.92. The highest BCUT2D eigenvalue weighted by molar-refractivity contribution is 5.97. The minimum absolute atomic E-state index is 0.0458. The van der Waals surface area contributed by atoms with Crippen LogP contribution in [0.15, 0.2) is 24.3 Å². The fourth-order valence-electron chi connectivity index (χ4n) is 3.20. The molecule has 22 heavy (non-hydrogen) atoms. The number of piperazine rings is 1. The number of amides is 2. The molecule has 0 bridgehead atoms. The summed E-state index contributed by atoms with van der Waals surface area (Å²) in [6.45, 7) is 7.24. The van der Waals surface area contributed by atoms with Gasteiger partial charge in [-0.05, 0) is 44.5 Å². The first-order valence-corrected chi connectivity index (χ1v) is 7.91. The Morgan fingerprint density at radius 1 is 1.18 bits per heavy atom. The van der Waals surface area contributed by atoms with Crippen LogP contribution in [0.3, 0.4) is 0 Å². The molecule has 0 radical (unpaired) electrons. The number of nitrogens with zero attached hydrogens (tertiary/aromatic N) is 2. The number of nitrogens with one attached hydrogen (secondary N) is 1. The van der Waals surface area contributed by atoms with E-state index in [1.54, 1.807) is 4.90 Å². The Morgan fingerprint density at radius 2 is 1.91 bits per heavy atom. The fourth-order valence-corrected chi connectivity index (χ4v) is 3.20. The molecular weight excluding hydrogens is 278 g/mol. The summed E-state index contributed by atoms with van der Waals surface area (Å²) >= 11 is 0. The van der Waals surface area contributed by atoms with Crippen molar-refractivity contribution in [1.82, 2.24) is 10.2 Å². The smallest absolute Gasteiger partial charge is 0.253 e. The Hall–Kier alpha value is -1.88. The molecule has 1 aromatic rings. The lowest BCUT2D eigenvalue weighted by molar-refractivity contribution is -0.117. The number of anilines is 1. The molecule has 0 atom stereocenters. The van der Waals surface area contributed by atoms with Crippen molar-refractivity contribution in [2.75, 3.05) is 31.1 Å². The molecule has 2 heterocycles. The van der Waals surface area contributed by atoms with Crippen molar-refractivity contribution >= 4 is 17.5 Å². The summed E-state index contributed by atoms with van der Waals surface area (Å²) in [7, 11) is 0. The van der Waals surface area contributed by atoms with E-state index in [1.807, 2.05) is 29.2 Å². The number of hydrogen-bond acceptors (Lipinski definition) is 3. The fraction of sp³-hybridized carbons (Fsp3) is 0.529. The normalized spacial score (nSPS) is 21.3. The van der Waals surface area contributed by atoms with Gasteiger partial charge >= 0.3 is 0 Å². The molecule has 2 saturated heterocycles. The van der Waals surface area contributed by atoms with Crippen LogP contribution < -0.4 is 10.2 Å². The predicted molar refractivity (Wildman–Crippen MR) is 86.0 cm³/mol. The van der Waals surface area contributed by atoms with Crippen LogP contribution in [0.1, 0.15) is 37.0 Å². The maximum Gasteiger partial charge on any atom is 0.253 e. The molecule has 2 fully saturated rings. The maximum atomic E-state index is 12.6. The van der Waals surface area contributed by atoms with Gasteiger partial charge in [-0.3, -0.25) is 9.59 Å². The van der Waals surface area contributed by atoms with Gasteiger partial charge in [0.25, 0.3) is 5.91 Å². The van der Waals surface area contributed by atoms with Crippen molar-refractivity contribution in [3.05, 3.63) is 29.8 Å². The highest BCUT2D eigenvalue weighted by Crippen LogP contribution is 2.22. The van der Waals surface area contributed by atoms with Gasteiger partial charge in [-0.25, -0.2) is 0 Å². The SMILES string of the molecule is CC1(C)CN(C(=O)c2ccc(N3CCCC3=O)cc2)CCN1. The molecule has 1 aromatic carbocycles. The van der Waals surface area contributed by atoms with Gasteiger partial charge < -0.3 is 15.1 Å². The van der Waals surface area contributed by atoms with E-state index < -0.39 is 0 Å². The van der Waals surface area contributed by atoms with Crippen LogP contribution in [-0.2, 0) is 4.79 Å². The molecule has 5 heteroatoms. The van der Waals surface area contributed by atoms with Crippen LogP contribution in [0.4, 0.5) is 5.69 Å². The molecule has 0 aliphatic carbocycles. The van der Waals surface area contributed by atoms with Gasteiger partial charge in [0.15, 0.2) is 0 Å². The van der Waals surface area contributed by atoms with Gasteiger partial charge in [0.2, 0.25) is 5.91 Å². The first-order valence-electron chi connectivity index (χ1n) is 7.91. The Kier molecular flexibility index (Phi) is 3.91. The molecular formula is C17H23N3O2. The second-order valence-corrected chi connectivity index (χ2v) is 6.73. The van der Waals surface area contributed by atoms with Crippen molar-refractivity contribution in [1.29, 1.82) is 0 Å². The second-order valence-electron chi connectivity index (χ2n) is 6.73. The van der Waals surface area contributed by atoms with Gasteiger partial charge in [-0.2, -0.15) is 0 Å². The first-order chi connectivity index (χ1) is 10.5. The van der Waals surface area contributed by atoms with Crippen LogP contribution >= 0.6 is 0 Å². The van der Waals surface area contributed by atoms with E-state index in [9.17, 15) is 9.59 Å². The van der Waals surface area contributed by atoms with E-state index in [2.05, 4.69) is 19.2 Å². The van der Waals surface area contributed by atoms with Crippen molar-refractivity contribution in [2.24, 2.45) is 0 Å². The van der Waals surface area contributed by atoms with Gasteiger partial charge in [0, 0.05) is 49.4 Å². The quantitative estimate of drug-likeness (QED) is 0.903. The number of carbonyl (C=O) groups is 2. The topological polar surface area (TPSA) is 52.7 Å². The third-order valence-electron chi connectivity index (χ3n) is 4.36. The van der Waals surface area contributed by atoms with E-state index in [4.69, 9.17) is 0 Å². The third kappa shape index (κ3) is 2.99. The molecule has 2 aliphatic heterocycles.